The van der Waals surface area contributed by atoms with Crippen molar-refractivity contribution >= 4 is 11.9 Å². The molecule has 1 unspecified atom stereocenters. The largest absolute Gasteiger partial charge is 0.478 e. The van der Waals surface area contributed by atoms with Crippen LogP contribution in [-0.2, 0) is 9.59 Å². The number of allylic oxidation sites excluding steroid dienone is 3. The third-order valence-corrected chi connectivity index (χ3v) is 10.7. The molecule has 2 aromatic carbocycles. The lowest BCUT2D eigenvalue weighted by molar-refractivity contribution is -0.137. The fourth-order valence-corrected chi connectivity index (χ4v) is 8.74. The third-order valence-electron chi connectivity index (χ3n) is 10.7. The van der Waals surface area contributed by atoms with Crippen molar-refractivity contribution < 1.29 is 14.7 Å². The second kappa shape index (κ2) is 9.55. The first-order valence-electron chi connectivity index (χ1n) is 14.4. The lowest BCUT2D eigenvalue weighted by Crippen LogP contribution is -2.50. The summed E-state index contributed by atoms with van der Waals surface area (Å²) in [5.41, 5.74) is 3.62. The zero-order chi connectivity index (χ0) is 26.5. The Bertz CT molecular complexity index is 1240. The predicted molar refractivity (Wildman–Crippen MR) is 149 cm³/mol. The van der Waals surface area contributed by atoms with Gasteiger partial charge in [-0.2, -0.15) is 0 Å². The van der Waals surface area contributed by atoms with Crippen molar-refractivity contribution in [1.29, 1.82) is 0 Å². The normalized spacial score (nSPS) is 33.9. The highest BCUT2D eigenvalue weighted by Crippen LogP contribution is 2.65. The summed E-state index contributed by atoms with van der Waals surface area (Å²) >= 11 is 0. The van der Waals surface area contributed by atoms with Gasteiger partial charge in [-0.25, -0.2) is 4.79 Å². The van der Waals surface area contributed by atoms with Crippen LogP contribution < -0.4 is 5.32 Å². The Morgan fingerprint density at radius 3 is 2.21 bits per heavy atom. The summed E-state index contributed by atoms with van der Waals surface area (Å²) in [6.07, 6.45) is 12.2. The monoisotopic (exact) mass is 509 g/mol. The van der Waals surface area contributed by atoms with Crippen molar-refractivity contribution in [2.45, 2.75) is 64.8 Å². The Balaban J connectivity index is 1.33. The molecule has 1 amide bonds. The minimum absolute atomic E-state index is 0.178. The summed E-state index contributed by atoms with van der Waals surface area (Å²) in [6.45, 7) is 4.81. The molecule has 2 saturated carbocycles. The lowest BCUT2D eigenvalue weighted by Gasteiger charge is -2.56. The van der Waals surface area contributed by atoms with Gasteiger partial charge in [-0.3, -0.25) is 4.79 Å². The molecule has 0 heterocycles. The zero-order valence-electron chi connectivity index (χ0n) is 22.5. The lowest BCUT2D eigenvalue weighted by atomic mass is 9.48. The van der Waals surface area contributed by atoms with Crippen LogP contribution in [0.25, 0.3) is 0 Å². The molecule has 0 aliphatic heterocycles. The summed E-state index contributed by atoms with van der Waals surface area (Å²) in [7, 11) is 0. The summed E-state index contributed by atoms with van der Waals surface area (Å²) in [4.78, 5) is 26.5. The SMILES string of the molecule is C[C@@]12CCC[C@H]1[C@@H]1CC=C3C=C(C(=O)O)C(C(=O)NC(c4ccccc4)c4ccccc4)C[C@]3(C)[C@H]1CC2. The first kappa shape index (κ1) is 25.2. The molecule has 4 heteroatoms. The van der Waals surface area contributed by atoms with Gasteiger partial charge in [-0.05, 0) is 89.9 Å². The molecule has 0 radical (unpaired) electrons. The van der Waals surface area contributed by atoms with Gasteiger partial charge in [0.15, 0.2) is 0 Å². The molecule has 2 aromatic rings. The van der Waals surface area contributed by atoms with Crippen LogP contribution in [0.2, 0.25) is 0 Å². The van der Waals surface area contributed by atoms with Crippen molar-refractivity contribution in [3.8, 4) is 0 Å². The molecule has 2 fully saturated rings. The molecular weight excluding hydrogens is 470 g/mol. The Labute approximate surface area is 226 Å². The smallest absolute Gasteiger partial charge is 0.332 e. The van der Waals surface area contributed by atoms with E-state index >= 15 is 0 Å². The fraction of sp³-hybridized carbons (Fsp3) is 0.471. The maximum absolute atomic E-state index is 14.0. The second-order valence-corrected chi connectivity index (χ2v) is 12.7. The average molecular weight is 510 g/mol. The molecule has 2 N–H and O–H groups in total. The molecule has 6 rings (SSSR count). The third kappa shape index (κ3) is 4.13. The van der Waals surface area contributed by atoms with E-state index in [1.54, 1.807) is 0 Å². The number of nitrogens with one attached hydrogen (secondary N) is 1. The van der Waals surface area contributed by atoms with Gasteiger partial charge in [-0.1, -0.05) is 87.0 Å². The highest BCUT2D eigenvalue weighted by molar-refractivity contribution is 5.97. The Kier molecular flexibility index (Phi) is 6.32. The summed E-state index contributed by atoms with van der Waals surface area (Å²) < 4.78 is 0. The topological polar surface area (TPSA) is 66.4 Å². The van der Waals surface area contributed by atoms with Gasteiger partial charge < -0.3 is 10.4 Å². The Hall–Kier alpha value is -3.14. The number of carbonyl (C=O) groups is 2. The van der Waals surface area contributed by atoms with E-state index < -0.39 is 11.9 Å². The van der Waals surface area contributed by atoms with Crippen LogP contribution in [0.15, 0.2) is 84.0 Å². The second-order valence-electron chi connectivity index (χ2n) is 12.7. The van der Waals surface area contributed by atoms with Crippen molar-refractivity contribution in [2.75, 3.05) is 0 Å². The van der Waals surface area contributed by atoms with Crippen LogP contribution in [-0.4, -0.2) is 17.0 Å². The van der Waals surface area contributed by atoms with E-state index in [4.69, 9.17) is 0 Å². The van der Waals surface area contributed by atoms with Crippen molar-refractivity contribution in [1.82, 2.24) is 5.32 Å². The number of carboxylic acids is 1. The van der Waals surface area contributed by atoms with Gasteiger partial charge in [0.2, 0.25) is 5.91 Å². The van der Waals surface area contributed by atoms with E-state index in [1.165, 1.54) is 32.1 Å². The molecule has 0 spiro atoms. The standard InChI is InChI=1S/C34H39NO3/c1-33-18-9-14-28(33)25-16-15-24-20-26(32(37)38)27(21-34(24,2)29(25)17-19-33)31(36)35-30(22-10-5-3-6-11-22)23-12-7-4-8-13-23/h3-8,10-13,15,20,25,27-30H,9,14,16-19,21H2,1-2H3,(H,35,36)(H,37,38)/t25-,27?,28-,29-,33-,34-/m0/s1. The van der Waals surface area contributed by atoms with Gasteiger partial charge in [0.25, 0.3) is 0 Å². The number of carbonyl (C=O) groups excluding carboxylic acids is 1. The molecule has 38 heavy (non-hydrogen) atoms. The molecule has 6 atom stereocenters. The molecule has 0 saturated heterocycles. The maximum Gasteiger partial charge on any atom is 0.332 e. The van der Waals surface area contributed by atoms with E-state index in [0.29, 0.717) is 23.7 Å². The first-order valence-corrected chi connectivity index (χ1v) is 14.4. The molecule has 198 valence electrons. The van der Waals surface area contributed by atoms with Gasteiger partial charge in [-0.15, -0.1) is 0 Å². The number of amides is 1. The molecule has 4 nitrogen and oxygen atoms in total. The first-order chi connectivity index (χ1) is 18.3. The van der Waals surface area contributed by atoms with Gasteiger partial charge in [0, 0.05) is 5.57 Å². The molecule has 0 bridgehead atoms. The van der Waals surface area contributed by atoms with Crippen LogP contribution in [0.3, 0.4) is 0 Å². The summed E-state index contributed by atoms with van der Waals surface area (Å²) in [6, 6.07) is 19.5. The molecule has 4 aliphatic rings. The predicted octanol–water partition coefficient (Wildman–Crippen LogP) is 7.09. The molecular formula is C34H39NO3. The summed E-state index contributed by atoms with van der Waals surface area (Å²) in [5, 5.41) is 13.5. The highest BCUT2D eigenvalue weighted by atomic mass is 16.4. The van der Waals surface area contributed by atoms with E-state index in [2.05, 4.69) is 25.2 Å². The number of benzene rings is 2. The number of aliphatic carboxylic acids is 1. The highest BCUT2D eigenvalue weighted by Gasteiger charge is 2.57. The van der Waals surface area contributed by atoms with Crippen LogP contribution in [0, 0.1) is 34.5 Å². The van der Waals surface area contributed by atoms with Crippen molar-refractivity contribution in [3.63, 3.8) is 0 Å². The minimum Gasteiger partial charge on any atom is -0.478 e. The maximum atomic E-state index is 14.0. The number of hydrogen-bond acceptors (Lipinski definition) is 2. The van der Waals surface area contributed by atoms with Gasteiger partial charge >= 0.3 is 5.97 Å². The van der Waals surface area contributed by atoms with E-state index in [0.717, 1.165) is 29.0 Å². The van der Waals surface area contributed by atoms with E-state index in [-0.39, 0.29) is 22.9 Å². The zero-order valence-corrected chi connectivity index (χ0v) is 22.5. The van der Waals surface area contributed by atoms with E-state index in [9.17, 15) is 14.7 Å². The van der Waals surface area contributed by atoms with Crippen LogP contribution in [0.5, 0.6) is 0 Å². The number of hydrogen-bond donors (Lipinski definition) is 2. The van der Waals surface area contributed by atoms with Crippen molar-refractivity contribution in [3.05, 3.63) is 95.1 Å². The number of rotatable bonds is 5. The van der Waals surface area contributed by atoms with E-state index in [1.807, 2.05) is 66.7 Å². The van der Waals surface area contributed by atoms with Crippen molar-refractivity contribution in [2.24, 2.45) is 34.5 Å². The Morgan fingerprint density at radius 2 is 1.58 bits per heavy atom. The average Bonchev–Trinajstić information content (AvgIpc) is 3.33. The molecule has 0 aromatic heterocycles. The van der Waals surface area contributed by atoms with Gasteiger partial charge in [0.05, 0.1) is 12.0 Å². The van der Waals surface area contributed by atoms with Gasteiger partial charge in [0.1, 0.15) is 0 Å². The number of fused-ring (bicyclic) bond motifs is 5. The van der Waals surface area contributed by atoms with Crippen LogP contribution in [0.4, 0.5) is 0 Å². The minimum atomic E-state index is -0.988. The summed E-state index contributed by atoms with van der Waals surface area (Å²) in [5.74, 6) is 0.0155. The van der Waals surface area contributed by atoms with Crippen LogP contribution >= 0.6 is 0 Å². The van der Waals surface area contributed by atoms with Crippen LogP contribution in [0.1, 0.15) is 76.0 Å². The number of carboxylic acid groups (broad SMARTS) is 1. The molecule has 4 aliphatic carbocycles. The quantitative estimate of drug-likeness (QED) is 0.452. The fourth-order valence-electron chi connectivity index (χ4n) is 8.74. The Morgan fingerprint density at radius 1 is 0.921 bits per heavy atom.